The van der Waals surface area contributed by atoms with Crippen LogP contribution in [-0.2, 0) is 14.3 Å². The molecule has 0 radical (unpaired) electrons. The second-order valence-electron chi connectivity index (χ2n) is 12.9. The lowest BCUT2D eigenvalue weighted by Gasteiger charge is -2.64. The van der Waals surface area contributed by atoms with Gasteiger partial charge >= 0.3 is 11.9 Å². The van der Waals surface area contributed by atoms with E-state index in [4.69, 9.17) is 9.84 Å². The summed E-state index contributed by atoms with van der Waals surface area (Å²) in [5.74, 6) is 0.274. The van der Waals surface area contributed by atoms with Crippen molar-refractivity contribution in [3.05, 3.63) is 0 Å². The summed E-state index contributed by atoms with van der Waals surface area (Å²) in [6, 6.07) is 0. The number of esters is 1. The van der Waals surface area contributed by atoms with Crippen molar-refractivity contribution in [1.82, 2.24) is 0 Å². The average molecular weight is 463 g/mol. The van der Waals surface area contributed by atoms with Gasteiger partial charge in [-0.15, -0.1) is 0 Å². The number of fused-ring (bicyclic) bond motifs is 3. The molecular formula is C28H46O5. The van der Waals surface area contributed by atoms with Gasteiger partial charge in [0.05, 0.1) is 18.1 Å². The Balaban J connectivity index is 1.35. The number of rotatable bonds is 9. The summed E-state index contributed by atoms with van der Waals surface area (Å²) < 4.78 is 5.88. The third-order valence-corrected chi connectivity index (χ3v) is 10.8. The minimum absolute atomic E-state index is 0.00681. The second-order valence-corrected chi connectivity index (χ2v) is 12.9. The highest BCUT2D eigenvalue weighted by Gasteiger charge is 2.68. The number of carboxylic acid groups (broad SMARTS) is 1. The molecule has 5 nitrogen and oxygen atoms in total. The van der Waals surface area contributed by atoms with E-state index in [2.05, 4.69) is 20.8 Å². The molecule has 4 saturated carbocycles. The lowest BCUT2D eigenvalue weighted by atomic mass is 9.40. The molecule has 5 heteroatoms. The average Bonchev–Trinajstić information content (AvgIpc) is 2.92. The Bertz CT molecular complexity index is 751. The lowest BCUT2D eigenvalue weighted by molar-refractivity contribution is -0.188. The molecule has 33 heavy (non-hydrogen) atoms. The number of aliphatic hydroxyl groups excluding tert-OH is 1. The van der Waals surface area contributed by atoms with Crippen LogP contribution in [0.15, 0.2) is 0 Å². The van der Waals surface area contributed by atoms with Crippen molar-refractivity contribution >= 4 is 11.9 Å². The molecule has 0 heterocycles. The first-order chi connectivity index (χ1) is 15.6. The summed E-state index contributed by atoms with van der Waals surface area (Å²) in [5, 5.41) is 19.6. The van der Waals surface area contributed by atoms with Gasteiger partial charge in [-0.3, -0.25) is 9.59 Å². The van der Waals surface area contributed by atoms with E-state index in [1.165, 1.54) is 19.3 Å². The van der Waals surface area contributed by atoms with Crippen molar-refractivity contribution in [3.63, 3.8) is 0 Å². The molecule has 0 amide bonds. The maximum absolute atomic E-state index is 13.4. The van der Waals surface area contributed by atoms with E-state index in [9.17, 15) is 14.7 Å². The van der Waals surface area contributed by atoms with Crippen LogP contribution in [0.25, 0.3) is 0 Å². The summed E-state index contributed by atoms with van der Waals surface area (Å²) in [5.41, 5.74) is 0.151. The van der Waals surface area contributed by atoms with Gasteiger partial charge < -0.3 is 14.9 Å². The van der Waals surface area contributed by atoms with E-state index < -0.39 is 11.4 Å². The van der Waals surface area contributed by atoms with Gasteiger partial charge in [0.2, 0.25) is 0 Å². The first-order valence-corrected chi connectivity index (χ1v) is 13.6. The molecule has 188 valence electrons. The summed E-state index contributed by atoms with van der Waals surface area (Å²) in [4.78, 5) is 24.0. The zero-order valence-corrected chi connectivity index (χ0v) is 21.2. The molecule has 4 rings (SSSR count). The number of hydrogen-bond acceptors (Lipinski definition) is 4. The molecule has 2 bridgehead atoms. The third-order valence-electron chi connectivity index (χ3n) is 10.8. The van der Waals surface area contributed by atoms with E-state index >= 15 is 0 Å². The second kappa shape index (κ2) is 9.17. The van der Waals surface area contributed by atoms with Crippen LogP contribution < -0.4 is 0 Å². The maximum atomic E-state index is 13.4. The van der Waals surface area contributed by atoms with Crippen molar-refractivity contribution in [2.45, 2.75) is 123 Å². The number of aliphatic hydroxyl groups is 1. The van der Waals surface area contributed by atoms with Crippen molar-refractivity contribution in [1.29, 1.82) is 0 Å². The highest BCUT2D eigenvalue weighted by Crippen LogP contribution is 2.73. The monoisotopic (exact) mass is 462 g/mol. The van der Waals surface area contributed by atoms with Gasteiger partial charge in [-0.2, -0.15) is 0 Å². The van der Waals surface area contributed by atoms with Crippen LogP contribution in [0.1, 0.15) is 117 Å². The normalized spacial score (nSPS) is 44.1. The number of carbonyl (C=O) groups is 2. The van der Waals surface area contributed by atoms with Crippen LogP contribution >= 0.6 is 0 Å². The van der Waals surface area contributed by atoms with Crippen LogP contribution in [0.3, 0.4) is 0 Å². The molecule has 0 aliphatic heterocycles. The van der Waals surface area contributed by atoms with Gasteiger partial charge in [0.25, 0.3) is 0 Å². The van der Waals surface area contributed by atoms with E-state index in [0.717, 1.165) is 70.6 Å². The van der Waals surface area contributed by atoms with E-state index in [1.807, 2.05) is 0 Å². The van der Waals surface area contributed by atoms with Crippen LogP contribution in [0.4, 0.5) is 0 Å². The molecule has 0 aromatic carbocycles. The molecule has 4 aliphatic rings. The van der Waals surface area contributed by atoms with Crippen LogP contribution in [0, 0.1) is 33.5 Å². The van der Waals surface area contributed by atoms with Crippen molar-refractivity contribution in [2.75, 3.05) is 6.61 Å². The van der Waals surface area contributed by atoms with Gasteiger partial charge in [-0.25, -0.2) is 0 Å². The van der Waals surface area contributed by atoms with E-state index in [0.29, 0.717) is 18.4 Å². The number of carbonyl (C=O) groups excluding carboxylic acids is 1. The quantitative estimate of drug-likeness (QED) is 0.319. The van der Waals surface area contributed by atoms with Crippen LogP contribution in [0.5, 0.6) is 0 Å². The molecule has 0 unspecified atom stereocenters. The molecule has 2 N–H and O–H groups in total. The molecule has 0 saturated heterocycles. The van der Waals surface area contributed by atoms with Gasteiger partial charge in [0, 0.05) is 6.42 Å². The predicted octanol–water partition coefficient (Wildman–Crippen LogP) is 6.12. The van der Waals surface area contributed by atoms with Gasteiger partial charge in [-0.1, -0.05) is 39.5 Å². The number of aliphatic carboxylic acids is 1. The molecule has 1 spiro atoms. The standard InChI is InChI=1S/C28H46O5/c1-25-15-11-21-26(2)13-9-14-27(3,20(26)12-16-28(21,19-25)18-22(25)29)24(32)33-17-8-6-4-5-7-10-23(30)31/h20-22,29H,4-19H2,1-3H3,(H,30,31)/t20-,21-,22+,25-,26+,27+,28-/m0/s1. The first kappa shape index (κ1) is 25.0. The molecule has 7 atom stereocenters. The zero-order valence-electron chi connectivity index (χ0n) is 21.2. The summed E-state index contributed by atoms with van der Waals surface area (Å²) in [7, 11) is 0. The van der Waals surface area contributed by atoms with Crippen molar-refractivity contribution < 1.29 is 24.5 Å². The minimum atomic E-state index is -0.725. The molecule has 0 aromatic heterocycles. The molecule has 0 aromatic rings. The summed E-state index contributed by atoms with van der Waals surface area (Å²) in [6.07, 6.45) is 14.5. The topological polar surface area (TPSA) is 83.8 Å². The first-order valence-electron chi connectivity index (χ1n) is 13.6. The Hall–Kier alpha value is -1.10. The fraction of sp³-hybridized carbons (Fsp3) is 0.929. The summed E-state index contributed by atoms with van der Waals surface area (Å²) >= 11 is 0. The highest BCUT2D eigenvalue weighted by atomic mass is 16.5. The fourth-order valence-corrected chi connectivity index (χ4v) is 9.21. The van der Waals surface area contributed by atoms with Gasteiger partial charge in [0.15, 0.2) is 0 Å². The summed E-state index contributed by atoms with van der Waals surface area (Å²) in [6.45, 7) is 7.43. The Labute approximate surface area is 200 Å². The Kier molecular flexibility index (Phi) is 6.95. The number of unbranched alkanes of at least 4 members (excludes halogenated alkanes) is 4. The third kappa shape index (κ3) is 4.36. The van der Waals surface area contributed by atoms with Gasteiger partial charge in [-0.05, 0) is 99.2 Å². The predicted molar refractivity (Wildman–Crippen MR) is 128 cm³/mol. The number of carboxylic acids is 1. The Morgan fingerprint density at radius 3 is 2.36 bits per heavy atom. The number of hydrogen-bond donors (Lipinski definition) is 2. The van der Waals surface area contributed by atoms with Crippen LogP contribution in [0.2, 0.25) is 0 Å². The molecular weight excluding hydrogens is 416 g/mol. The SMILES string of the molecule is C[C@@]12CC[C@@H]3[C@@](CC[C@H]4[C@@]3(C)CCC[C@@]4(C)C(=O)OCCCCCCCC(=O)O)(C[C@H]1O)C2. The highest BCUT2D eigenvalue weighted by molar-refractivity contribution is 5.77. The Morgan fingerprint density at radius 1 is 0.909 bits per heavy atom. The zero-order chi connectivity index (χ0) is 23.9. The minimum Gasteiger partial charge on any atom is -0.481 e. The largest absolute Gasteiger partial charge is 0.481 e. The van der Waals surface area contributed by atoms with Gasteiger partial charge in [0.1, 0.15) is 0 Å². The maximum Gasteiger partial charge on any atom is 0.312 e. The van der Waals surface area contributed by atoms with Crippen molar-refractivity contribution in [3.8, 4) is 0 Å². The van der Waals surface area contributed by atoms with Crippen LogP contribution in [-0.4, -0.2) is 34.9 Å². The fourth-order valence-electron chi connectivity index (χ4n) is 9.21. The van der Waals surface area contributed by atoms with E-state index in [1.54, 1.807) is 0 Å². The smallest absolute Gasteiger partial charge is 0.312 e. The number of ether oxygens (including phenoxy) is 1. The Morgan fingerprint density at radius 2 is 1.61 bits per heavy atom. The van der Waals surface area contributed by atoms with E-state index in [-0.39, 0.29) is 34.7 Å². The lowest BCUT2D eigenvalue weighted by Crippen LogP contribution is -2.58. The molecule has 4 aliphatic carbocycles. The van der Waals surface area contributed by atoms with Crippen molar-refractivity contribution in [2.24, 2.45) is 33.5 Å². The molecule has 4 fully saturated rings.